The lowest BCUT2D eigenvalue weighted by Crippen LogP contribution is -2.48. The predicted molar refractivity (Wildman–Crippen MR) is 72.4 cm³/mol. The second-order valence-corrected chi connectivity index (χ2v) is 5.71. The zero-order chi connectivity index (χ0) is 13.9. The van der Waals surface area contributed by atoms with E-state index in [1.54, 1.807) is 18.2 Å². The molecule has 0 radical (unpaired) electrons. The molecule has 0 bridgehead atoms. The van der Waals surface area contributed by atoms with E-state index in [9.17, 15) is 9.50 Å². The van der Waals surface area contributed by atoms with Crippen LogP contribution in [0.4, 0.5) is 4.39 Å². The number of aliphatic hydroxyl groups excluding tert-OH is 1. The summed E-state index contributed by atoms with van der Waals surface area (Å²) < 4.78 is 19.2. The minimum absolute atomic E-state index is 0.138. The molecule has 1 aliphatic heterocycles. The molecule has 1 unspecified atom stereocenters. The van der Waals surface area contributed by atoms with Crippen molar-refractivity contribution in [2.75, 3.05) is 26.2 Å². The average molecular weight is 267 g/mol. The Bertz CT molecular complexity index is 422. The lowest BCUT2D eigenvalue weighted by molar-refractivity contribution is -0.0878. The van der Waals surface area contributed by atoms with Crippen LogP contribution in [0.25, 0.3) is 0 Å². The fourth-order valence-electron chi connectivity index (χ4n) is 2.51. The van der Waals surface area contributed by atoms with Crippen LogP contribution in [0.5, 0.6) is 0 Å². The van der Waals surface area contributed by atoms with Crippen LogP contribution in [0.2, 0.25) is 0 Å². The Hall–Kier alpha value is -0.970. The van der Waals surface area contributed by atoms with Crippen molar-refractivity contribution in [1.82, 2.24) is 4.90 Å². The van der Waals surface area contributed by atoms with Crippen LogP contribution in [0.3, 0.4) is 0 Å². The van der Waals surface area contributed by atoms with Crippen LogP contribution in [-0.2, 0) is 4.74 Å². The first-order valence-electron chi connectivity index (χ1n) is 6.77. The van der Waals surface area contributed by atoms with Gasteiger partial charge >= 0.3 is 0 Å². The molecule has 1 saturated heterocycles. The van der Waals surface area contributed by atoms with Gasteiger partial charge < -0.3 is 9.84 Å². The minimum atomic E-state index is -0.743. The van der Waals surface area contributed by atoms with Crippen molar-refractivity contribution in [2.45, 2.75) is 32.0 Å². The molecular formula is C15H22FNO2. The second kappa shape index (κ2) is 5.99. The number of nitrogens with zero attached hydrogens (tertiary/aromatic N) is 1. The van der Waals surface area contributed by atoms with Gasteiger partial charge in [0.15, 0.2) is 0 Å². The minimum Gasteiger partial charge on any atom is -0.388 e. The average Bonchev–Trinajstić information content (AvgIpc) is 2.35. The molecule has 1 fully saturated rings. The number of rotatable bonds is 4. The van der Waals surface area contributed by atoms with E-state index in [4.69, 9.17) is 4.74 Å². The molecular weight excluding hydrogens is 245 g/mol. The molecule has 106 valence electrons. The molecule has 1 N–H and O–H groups in total. The summed E-state index contributed by atoms with van der Waals surface area (Å²) in [4.78, 5) is 2.26. The Morgan fingerprint density at radius 1 is 1.42 bits per heavy atom. The Balaban J connectivity index is 1.87. The van der Waals surface area contributed by atoms with Gasteiger partial charge in [0, 0.05) is 25.2 Å². The maximum absolute atomic E-state index is 13.5. The summed E-state index contributed by atoms with van der Waals surface area (Å²) in [7, 11) is 0. The Kier molecular flexibility index (Phi) is 4.55. The fourth-order valence-corrected chi connectivity index (χ4v) is 2.51. The summed E-state index contributed by atoms with van der Waals surface area (Å²) in [6.07, 6.45) is -0.205. The van der Waals surface area contributed by atoms with Crippen LogP contribution >= 0.6 is 0 Å². The quantitative estimate of drug-likeness (QED) is 0.909. The van der Waals surface area contributed by atoms with Gasteiger partial charge in [-0.15, -0.1) is 0 Å². The number of hydrogen-bond acceptors (Lipinski definition) is 3. The second-order valence-electron chi connectivity index (χ2n) is 5.71. The molecule has 2 rings (SSSR count). The van der Waals surface area contributed by atoms with Crippen molar-refractivity contribution < 1.29 is 14.2 Å². The van der Waals surface area contributed by atoms with Crippen molar-refractivity contribution in [3.8, 4) is 0 Å². The number of morpholine rings is 1. The lowest BCUT2D eigenvalue weighted by Gasteiger charge is -2.38. The Labute approximate surface area is 114 Å². The van der Waals surface area contributed by atoms with Crippen LogP contribution in [0, 0.1) is 5.82 Å². The summed E-state index contributed by atoms with van der Waals surface area (Å²) in [6.45, 7) is 7.30. The van der Waals surface area contributed by atoms with E-state index < -0.39 is 6.10 Å². The first-order chi connectivity index (χ1) is 8.98. The van der Waals surface area contributed by atoms with E-state index in [0.717, 1.165) is 19.6 Å². The van der Waals surface area contributed by atoms with Gasteiger partial charge in [0.1, 0.15) is 5.82 Å². The number of hydrogen-bond donors (Lipinski definition) is 1. The highest BCUT2D eigenvalue weighted by atomic mass is 19.1. The van der Waals surface area contributed by atoms with Crippen molar-refractivity contribution in [2.24, 2.45) is 0 Å². The van der Waals surface area contributed by atoms with Crippen molar-refractivity contribution in [1.29, 1.82) is 0 Å². The summed E-state index contributed by atoms with van der Waals surface area (Å²) in [5.41, 5.74) is 0.247. The van der Waals surface area contributed by atoms with Crippen LogP contribution in [0.15, 0.2) is 24.3 Å². The van der Waals surface area contributed by atoms with E-state index in [2.05, 4.69) is 18.7 Å². The monoisotopic (exact) mass is 267 g/mol. The van der Waals surface area contributed by atoms with Gasteiger partial charge in [-0.3, -0.25) is 4.90 Å². The summed E-state index contributed by atoms with van der Waals surface area (Å²) in [6, 6.07) is 6.41. The third kappa shape index (κ3) is 4.00. The first-order valence-corrected chi connectivity index (χ1v) is 6.77. The van der Waals surface area contributed by atoms with Gasteiger partial charge in [0.25, 0.3) is 0 Å². The molecule has 0 saturated carbocycles. The van der Waals surface area contributed by atoms with Gasteiger partial charge in [-0.25, -0.2) is 4.39 Å². The van der Waals surface area contributed by atoms with Gasteiger partial charge in [-0.05, 0) is 26.3 Å². The number of benzene rings is 1. The number of ether oxygens (including phenoxy) is 1. The maximum Gasteiger partial charge on any atom is 0.128 e. The van der Waals surface area contributed by atoms with Gasteiger partial charge in [-0.2, -0.15) is 0 Å². The third-order valence-electron chi connectivity index (χ3n) is 3.49. The summed E-state index contributed by atoms with van der Waals surface area (Å²) in [5.74, 6) is -0.336. The number of aliphatic hydroxyl groups is 1. The molecule has 4 heteroatoms. The van der Waals surface area contributed by atoms with Crippen molar-refractivity contribution in [3.63, 3.8) is 0 Å². The van der Waals surface area contributed by atoms with E-state index in [1.807, 2.05) is 0 Å². The zero-order valence-corrected chi connectivity index (χ0v) is 11.6. The molecule has 0 aliphatic carbocycles. The van der Waals surface area contributed by atoms with Crippen molar-refractivity contribution >= 4 is 0 Å². The van der Waals surface area contributed by atoms with Crippen LogP contribution in [-0.4, -0.2) is 41.8 Å². The normalized spacial score (nSPS) is 21.3. The maximum atomic E-state index is 13.5. The van der Waals surface area contributed by atoms with E-state index in [0.29, 0.717) is 18.6 Å². The standard InChI is InChI=1S/C15H22FNO2/c1-15(2)11-17(9-10-19-15)8-7-14(18)12-5-3-4-6-13(12)16/h3-6,14,18H,7-11H2,1-2H3. The number of halogens is 1. The van der Waals surface area contributed by atoms with Gasteiger partial charge in [0.2, 0.25) is 0 Å². The molecule has 1 aromatic rings. The Morgan fingerprint density at radius 3 is 2.84 bits per heavy atom. The predicted octanol–water partition coefficient (Wildman–Crippen LogP) is 2.36. The summed E-state index contributed by atoms with van der Waals surface area (Å²) >= 11 is 0. The molecule has 1 heterocycles. The van der Waals surface area contributed by atoms with Crippen molar-refractivity contribution in [3.05, 3.63) is 35.6 Å². The molecule has 0 amide bonds. The van der Waals surface area contributed by atoms with Crippen LogP contribution in [0.1, 0.15) is 31.9 Å². The Morgan fingerprint density at radius 2 is 2.16 bits per heavy atom. The fraction of sp³-hybridized carbons (Fsp3) is 0.600. The highest BCUT2D eigenvalue weighted by Crippen LogP contribution is 2.22. The third-order valence-corrected chi connectivity index (χ3v) is 3.49. The van der Waals surface area contributed by atoms with Gasteiger partial charge in [-0.1, -0.05) is 18.2 Å². The SMILES string of the molecule is CC1(C)CN(CCC(O)c2ccccc2F)CCO1. The molecule has 0 aromatic heterocycles. The molecule has 1 atom stereocenters. The van der Waals surface area contributed by atoms with Crippen LogP contribution < -0.4 is 0 Å². The molecule has 1 aromatic carbocycles. The first kappa shape index (κ1) is 14.4. The molecule has 19 heavy (non-hydrogen) atoms. The van der Waals surface area contributed by atoms with E-state index >= 15 is 0 Å². The molecule has 0 spiro atoms. The van der Waals surface area contributed by atoms with E-state index in [-0.39, 0.29) is 11.4 Å². The molecule has 1 aliphatic rings. The summed E-state index contributed by atoms with van der Waals surface area (Å²) in [5, 5.41) is 10.1. The molecule has 3 nitrogen and oxygen atoms in total. The smallest absolute Gasteiger partial charge is 0.128 e. The topological polar surface area (TPSA) is 32.7 Å². The lowest BCUT2D eigenvalue weighted by atomic mass is 10.0. The zero-order valence-electron chi connectivity index (χ0n) is 11.6. The largest absolute Gasteiger partial charge is 0.388 e. The van der Waals surface area contributed by atoms with E-state index in [1.165, 1.54) is 6.07 Å². The highest BCUT2D eigenvalue weighted by Gasteiger charge is 2.27. The highest BCUT2D eigenvalue weighted by molar-refractivity contribution is 5.19. The van der Waals surface area contributed by atoms with Gasteiger partial charge in [0.05, 0.1) is 18.3 Å².